The van der Waals surface area contributed by atoms with E-state index in [0.717, 1.165) is 37.3 Å². The summed E-state index contributed by atoms with van der Waals surface area (Å²) < 4.78 is 0. The van der Waals surface area contributed by atoms with Gasteiger partial charge in [0.1, 0.15) is 0 Å². The third kappa shape index (κ3) is 4.83. The Kier molecular flexibility index (Phi) is 7.07. The van der Waals surface area contributed by atoms with Crippen molar-refractivity contribution in [3.8, 4) is 0 Å². The number of aryl methyl sites for hydroxylation is 1. The number of allylic oxidation sites excluding steroid dienone is 1. The van der Waals surface area contributed by atoms with Crippen LogP contribution in [0.2, 0.25) is 5.02 Å². The molecule has 0 amide bonds. The van der Waals surface area contributed by atoms with E-state index in [-0.39, 0.29) is 0 Å². The molecule has 1 unspecified atom stereocenters. The smallest absolute Gasteiger partial charge is 0.0409 e. The van der Waals surface area contributed by atoms with Crippen molar-refractivity contribution in [2.75, 3.05) is 6.54 Å². The van der Waals surface area contributed by atoms with Gasteiger partial charge in [0.25, 0.3) is 0 Å². The van der Waals surface area contributed by atoms with Crippen LogP contribution in [0.25, 0.3) is 0 Å². The summed E-state index contributed by atoms with van der Waals surface area (Å²) >= 11 is 6.11. The summed E-state index contributed by atoms with van der Waals surface area (Å²) in [4.78, 5) is 0. The van der Waals surface area contributed by atoms with E-state index < -0.39 is 0 Å². The first-order valence-corrected chi connectivity index (χ1v) is 7.17. The van der Waals surface area contributed by atoms with Crippen molar-refractivity contribution in [1.29, 1.82) is 0 Å². The van der Waals surface area contributed by atoms with E-state index in [4.69, 9.17) is 11.6 Å². The Morgan fingerprint density at radius 3 is 2.89 bits per heavy atom. The Hall–Kier alpha value is -0.790. The van der Waals surface area contributed by atoms with E-state index in [9.17, 15) is 0 Å². The summed E-state index contributed by atoms with van der Waals surface area (Å²) in [7, 11) is 0. The Labute approximate surface area is 116 Å². The zero-order valence-corrected chi connectivity index (χ0v) is 12.3. The van der Waals surface area contributed by atoms with Crippen LogP contribution in [0.3, 0.4) is 0 Å². The van der Waals surface area contributed by atoms with Gasteiger partial charge in [0.15, 0.2) is 0 Å². The third-order valence-electron chi connectivity index (χ3n) is 3.16. The quantitative estimate of drug-likeness (QED) is 0.513. The molecular formula is C16H24ClN. The Bertz CT molecular complexity index is 373. The molecular weight excluding hydrogens is 242 g/mol. The second kappa shape index (κ2) is 8.34. The molecule has 0 bridgehead atoms. The van der Waals surface area contributed by atoms with Gasteiger partial charge in [0.05, 0.1) is 0 Å². The van der Waals surface area contributed by atoms with Gasteiger partial charge >= 0.3 is 0 Å². The minimum Gasteiger partial charge on any atom is -0.310 e. The van der Waals surface area contributed by atoms with Gasteiger partial charge in [-0.15, -0.1) is 6.58 Å². The van der Waals surface area contributed by atoms with Crippen LogP contribution in [-0.4, -0.2) is 6.54 Å². The molecule has 1 aromatic rings. The number of benzene rings is 1. The summed E-state index contributed by atoms with van der Waals surface area (Å²) in [5.74, 6) is 0. The molecule has 0 saturated carbocycles. The summed E-state index contributed by atoms with van der Waals surface area (Å²) in [6, 6.07) is 6.56. The van der Waals surface area contributed by atoms with Crippen molar-refractivity contribution in [1.82, 2.24) is 5.32 Å². The van der Waals surface area contributed by atoms with Gasteiger partial charge in [0, 0.05) is 11.1 Å². The lowest BCUT2D eigenvalue weighted by molar-refractivity contribution is 0.484. The topological polar surface area (TPSA) is 12.0 Å². The molecule has 1 nitrogen and oxygen atoms in total. The number of unbranched alkanes of at least 4 members (excludes halogenated alkanes) is 1. The minimum absolute atomic E-state index is 0.406. The van der Waals surface area contributed by atoms with Crippen molar-refractivity contribution >= 4 is 11.6 Å². The zero-order valence-electron chi connectivity index (χ0n) is 11.5. The second-order valence-electron chi connectivity index (χ2n) is 4.73. The van der Waals surface area contributed by atoms with Crippen LogP contribution in [0, 0.1) is 6.92 Å². The first kappa shape index (κ1) is 15.3. The monoisotopic (exact) mass is 265 g/mol. The van der Waals surface area contributed by atoms with Gasteiger partial charge < -0.3 is 5.32 Å². The molecule has 0 spiro atoms. The minimum atomic E-state index is 0.406. The summed E-state index contributed by atoms with van der Waals surface area (Å²) in [5.41, 5.74) is 2.65. The fourth-order valence-electron chi connectivity index (χ4n) is 2.14. The zero-order chi connectivity index (χ0) is 13.4. The predicted molar refractivity (Wildman–Crippen MR) is 81.3 cm³/mol. The molecule has 0 aliphatic rings. The highest BCUT2D eigenvalue weighted by Gasteiger charge is 2.12. The molecule has 100 valence electrons. The van der Waals surface area contributed by atoms with E-state index in [2.05, 4.69) is 37.9 Å². The fourth-order valence-corrected chi connectivity index (χ4v) is 2.32. The lowest BCUT2D eigenvalue weighted by Crippen LogP contribution is -2.22. The van der Waals surface area contributed by atoms with Gasteiger partial charge in [-0.1, -0.05) is 30.7 Å². The highest BCUT2D eigenvalue weighted by Crippen LogP contribution is 2.25. The molecule has 0 aromatic heterocycles. The summed E-state index contributed by atoms with van der Waals surface area (Å²) in [6.45, 7) is 9.17. The fraction of sp³-hybridized carbons (Fsp3) is 0.500. The van der Waals surface area contributed by atoms with Crippen molar-refractivity contribution in [3.63, 3.8) is 0 Å². The average Bonchev–Trinajstić information content (AvgIpc) is 2.37. The van der Waals surface area contributed by atoms with Crippen LogP contribution in [-0.2, 0) is 0 Å². The predicted octanol–water partition coefficient (Wildman–Crippen LogP) is 5.05. The molecule has 1 rings (SSSR count). The molecule has 0 fully saturated rings. The maximum Gasteiger partial charge on any atom is 0.0409 e. The molecule has 18 heavy (non-hydrogen) atoms. The largest absolute Gasteiger partial charge is 0.310 e. The van der Waals surface area contributed by atoms with Crippen LogP contribution in [0.5, 0.6) is 0 Å². The molecule has 0 heterocycles. The Morgan fingerprint density at radius 1 is 1.44 bits per heavy atom. The SMILES string of the molecule is C=CCCCC(NCCC)c1cc(Cl)ccc1C. The number of nitrogens with one attached hydrogen (secondary N) is 1. The normalized spacial score (nSPS) is 12.4. The van der Waals surface area contributed by atoms with Crippen molar-refractivity contribution in [2.45, 2.75) is 45.6 Å². The van der Waals surface area contributed by atoms with Crippen LogP contribution in [0.15, 0.2) is 30.9 Å². The summed E-state index contributed by atoms with van der Waals surface area (Å²) in [5, 5.41) is 4.44. The van der Waals surface area contributed by atoms with Crippen molar-refractivity contribution in [2.24, 2.45) is 0 Å². The van der Waals surface area contributed by atoms with E-state index >= 15 is 0 Å². The van der Waals surface area contributed by atoms with Gasteiger partial charge in [-0.2, -0.15) is 0 Å². The van der Waals surface area contributed by atoms with E-state index in [1.54, 1.807) is 0 Å². The van der Waals surface area contributed by atoms with E-state index in [0.29, 0.717) is 6.04 Å². The summed E-state index contributed by atoms with van der Waals surface area (Å²) in [6.07, 6.45) is 6.51. The van der Waals surface area contributed by atoms with Crippen molar-refractivity contribution in [3.05, 3.63) is 47.0 Å². The molecule has 1 atom stereocenters. The third-order valence-corrected chi connectivity index (χ3v) is 3.39. The Morgan fingerprint density at radius 2 is 2.22 bits per heavy atom. The highest BCUT2D eigenvalue weighted by atomic mass is 35.5. The first-order valence-electron chi connectivity index (χ1n) is 6.79. The average molecular weight is 266 g/mol. The van der Waals surface area contributed by atoms with Crippen LogP contribution >= 0.6 is 11.6 Å². The van der Waals surface area contributed by atoms with Crippen LogP contribution < -0.4 is 5.32 Å². The van der Waals surface area contributed by atoms with Gasteiger partial charge in [-0.3, -0.25) is 0 Å². The van der Waals surface area contributed by atoms with E-state index in [1.165, 1.54) is 11.1 Å². The number of halogens is 1. The maximum atomic E-state index is 6.11. The van der Waals surface area contributed by atoms with Crippen molar-refractivity contribution < 1.29 is 0 Å². The molecule has 0 aliphatic carbocycles. The van der Waals surface area contributed by atoms with E-state index in [1.807, 2.05) is 12.1 Å². The van der Waals surface area contributed by atoms with Crippen LogP contribution in [0.4, 0.5) is 0 Å². The molecule has 0 aliphatic heterocycles. The number of rotatable bonds is 8. The van der Waals surface area contributed by atoms with Gasteiger partial charge in [-0.05, 0) is 62.4 Å². The van der Waals surface area contributed by atoms with Crippen LogP contribution in [0.1, 0.15) is 49.8 Å². The highest BCUT2D eigenvalue weighted by molar-refractivity contribution is 6.30. The Balaban J connectivity index is 2.78. The lowest BCUT2D eigenvalue weighted by atomic mass is 9.96. The first-order chi connectivity index (χ1) is 8.69. The molecule has 0 radical (unpaired) electrons. The number of hydrogen-bond donors (Lipinski definition) is 1. The molecule has 2 heteroatoms. The van der Waals surface area contributed by atoms with Gasteiger partial charge in [-0.25, -0.2) is 0 Å². The van der Waals surface area contributed by atoms with Gasteiger partial charge in [0.2, 0.25) is 0 Å². The lowest BCUT2D eigenvalue weighted by Gasteiger charge is -2.21. The molecule has 1 N–H and O–H groups in total. The second-order valence-corrected chi connectivity index (χ2v) is 5.16. The molecule has 0 saturated heterocycles. The maximum absolute atomic E-state index is 6.11. The molecule has 1 aromatic carbocycles. The number of hydrogen-bond acceptors (Lipinski definition) is 1. The standard InChI is InChI=1S/C16H24ClN/c1-4-6-7-8-16(18-11-5-2)15-12-14(17)10-9-13(15)3/h4,9-10,12,16,18H,1,5-8,11H2,2-3H3.